The standard InChI is InChI=1S/C22H30F3NO2/c1-19-8-6-18-16(17(19)5-3-14(19)7-11-26)4-2-15-12-21(28,22(23,24)25)10-9-20(15,18)13-27/h7,15-18,27-28H,2-6,8-10,12-13H2,1H3/b14-7-/t15-,16+,17+,18+,19-,20-,21-/m1/s1. The van der Waals surface area contributed by atoms with Gasteiger partial charge in [-0.25, -0.2) is 0 Å². The first kappa shape index (κ1) is 20.2. The lowest BCUT2D eigenvalue weighted by atomic mass is 9.43. The number of nitriles is 1. The van der Waals surface area contributed by atoms with Gasteiger partial charge < -0.3 is 10.2 Å². The zero-order chi connectivity index (χ0) is 20.4. The summed E-state index contributed by atoms with van der Waals surface area (Å²) in [6.45, 7) is 2.17. The molecule has 4 saturated carbocycles. The van der Waals surface area contributed by atoms with E-state index >= 15 is 0 Å². The third-order valence-electron chi connectivity index (χ3n) is 9.33. The topological polar surface area (TPSA) is 64.2 Å². The van der Waals surface area contributed by atoms with Crippen LogP contribution in [0.2, 0.25) is 0 Å². The van der Waals surface area contributed by atoms with Gasteiger partial charge in [-0.05, 0) is 92.3 Å². The van der Waals surface area contributed by atoms with Crippen LogP contribution in [-0.4, -0.2) is 28.6 Å². The number of rotatable bonds is 1. The van der Waals surface area contributed by atoms with Crippen LogP contribution in [0, 0.1) is 45.8 Å². The quantitative estimate of drug-likeness (QED) is 0.628. The summed E-state index contributed by atoms with van der Waals surface area (Å²) in [7, 11) is 0. The van der Waals surface area contributed by atoms with Gasteiger partial charge in [0.05, 0.1) is 6.07 Å². The summed E-state index contributed by atoms with van der Waals surface area (Å²) < 4.78 is 40.3. The van der Waals surface area contributed by atoms with Crippen molar-refractivity contribution in [2.45, 2.75) is 76.5 Å². The predicted molar refractivity (Wildman–Crippen MR) is 97.8 cm³/mol. The molecule has 4 aliphatic rings. The molecule has 4 aliphatic carbocycles. The van der Waals surface area contributed by atoms with Crippen LogP contribution in [0.4, 0.5) is 13.2 Å². The van der Waals surface area contributed by atoms with Crippen LogP contribution in [0.3, 0.4) is 0 Å². The number of hydrogen-bond acceptors (Lipinski definition) is 3. The molecule has 0 radical (unpaired) electrons. The minimum absolute atomic E-state index is 0.0156. The van der Waals surface area contributed by atoms with Crippen molar-refractivity contribution in [3.8, 4) is 6.07 Å². The number of fused-ring (bicyclic) bond motifs is 5. The summed E-state index contributed by atoms with van der Waals surface area (Å²) >= 11 is 0. The Bertz CT molecular complexity index is 714. The van der Waals surface area contributed by atoms with Gasteiger partial charge in [-0.15, -0.1) is 0 Å². The SMILES string of the molecule is C[C@]12CC[C@H]3[C@@H](CC[C@@H]4C[C@@](O)(C(F)(F)F)CC[C@@]43CO)[C@@H]1CC/C2=C/C#N. The highest BCUT2D eigenvalue weighted by molar-refractivity contribution is 5.28. The molecular weight excluding hydrogens is 367 g/mol. The van der Waals surface area contributed by atoms with Gasteiger partial charge in [-0.1, -0.05) is 12.5 Å². The minimum atomic E-state index is -4.61. The Labute approximate surface area is 164 Å². The van der Waals surface area contributed by atoms with Gasteiger partial charge in [-0.3, -0.25) is 0 Å². The number of hydrogen-bond donors (Lipinski definition) is 2. The van der Waals surface area contributed by atoms with Gasteiger partial charge in [0.1, 0.15) is 0 Å². The van der Waals surface area contributed by atoms with Crippen molar-refractivity contribution >= 4 is 0 Å². The van der Waals surface area contributed by atoms with E-state index in [9.17, 15) is 23.4 Å². The Morgan fingerprint density at radius 2 is 1.89 bits per heavy atom. The lowest BCUT2D eigenvalue weighted by Crippen LogP contribution is -2.60. The molecule has 0 unspecified atom stereocenters. The first-order valence-electron chi connectivity index (χ1n) is 10.6. The van der Waals surface area contributed by atoms with Crippen molar-refractivity contribution < 1.29 is 23.4 Å². The zero-order valence-corrected chi connectivity index (χ0v) is 16.4. The molecule has 0 bridgehead atoms. The van der Waals surface area contributed by atoms with Crippen LogP contribution >= 0.6 is 0 Å². The van der Waals surface area contributed by atoms with Crippen molar-refractivity contribution in [3.63, 3.8) is 0 Å². The van der Waals surface area contributed by atoms with E-state index in [2.05, 4.69) is 13.0 Å². The summed E-state index contributed by atoms with van der Waals surface area (Å²) in [5.41, 5.74) is -1.86. The highest BCUT2D eigenvalue weighted by Gasteiger charge is 2.65. The first-order chi connectivity index (χ1) is 13.1. The van der Waals surface area contributed by atoms with E-state index in [1.165, 1.54) is 5.57 Å². The number of nitrogens with zero attached hydrogens (tertiary/aromatic N) is 1. The third-order valence-corrected chi connectivity index (χ3v) is 9.33. The Balaban J connectivity index is 1.63. The van der Waals surface area contributed by atoms with E-state index < -0.39 is 17.2 Å². The third kappa shape index (κ3) is 2.61. The fourth-order valence-corrected chi connectivity index (χ4v) is 7.78. The lowest BCUT2D eigenvalue weighted by Gasteiger charge is -2.62. The van der Waals surface area contributed by atoms with Crippen molar-refractivity contribution in [1.82, 2.24) is 0 Å². The summed E-state index contributed by atoms with van der Waals surface area (Å²) in [5, 5.41) is 29.8. The summed E-state index contributed by atoms with van der Waals surface area (Å²) in [6.07, 6.45) is 2.05. The molecule has 0 amide bonds. The molecule has 156 valence electrons. The van der Waals surface area contributed by atoms with E-state index in [1.54, 1.807) is 6.08 Å². The summed E-state index contributed by atoms with van der Waals surface area (Å²) in [4.78, 5) is 0. The van der Waals surface area contributed by atoms with Gasteiger partial charge in [0, 0.05) is 12.7 Å². The maximum Gasteiger partial charge on any atom is 0.417 e. The molecule has 28 heavy (non-hydrogen) atoms. The van der Waals surface area contributed by atoms with Crippen LogP contribution in [0.5, 0.6) is 0 Å². The fourth-order valence-electron chi connectivity index (χ4n) is 7.78. The fraction of sp³-hybridized carbons (Fsp3) is 0.864. The lowest BCUT2D eigenvalue weighted by molar-refractivity contribution is -0.293. The zero-order valence-electron chi connectivity index (χ0n) is 16.4. The molecule has 0 saturated heterocycles. The van der Waals surface area contributed by atoms with Gasteiger partial charge in [0.25, 0.3) is 0 Å². The number of halogens is 3. The Hall–Kier alpha value is -1.06. The van der Waals surface area contributed by atoms with Gasteiger partial charge in [0.15, 0.2) is 5.60 Å². The van der Waals surface area contributed by atoms with E-state index in [4.69, 9.17) is 5.26 Å². The monoisotopic (exact) mass is 397 g/mol. The molecule has 4 rings (SSSR count). The largest absolute Gasteiger partial charge is 0.417 e. The molecule has 3 nitrogen and oxygen atoms in total. The normalized spacial score (nSPS) is 49.8. The Morgan fingerprint density at radius 1 is 1.14 bits per heavy atom. The molecule has 0 aromatic rings. The Morgan fingerprint density at radius 3 is 2.54 bits per heavy atom. The van der Waals surface area contributed by atoms with E-state index in [0.717, 1.165) is 32.1 Å². The molecule has 2 N–H and O–H groups in total. The molecule has 0 aromatic carbocycles. The molecule has 0 aliphatic heterocycles. The number of aliphatic hydroxyl groups excluding tert-OH is 1. The second kappa shape index (κ2) is 6.47. The molecular formula is C22H30F3NO2. The van der Waals surface area contributed by atoms with Gasteiger partial charge in [0.2, 0.25) is 0 Å². The maximum absolute atomic E-state index is 13.4. The average molecular weight is 397 g/mol. The molecule has 0 aromatic heterocycles. The highest BCUT2D eigenvalue weighted by Crippen LogP contribution is 2.68. The smallest absolute Gasteiger partial charge is 0.396 e. The number of aliphatic hydroxyl groups is 2. The van der Waals surface area contributed by atoms with Gasteiger partial charge in [-0.2, -0.15) is 18.4 Å². The average Bonchev–Trinajstić information content (AvgIpc) is 2.97. The van der Waals surface area contributed by atoms with Crippen molar-refractivity contribution in [2.24, 2.45) is 34.5 Å². The first-order valence-corrected chi connectivity index (χ1v) is 10.6. The summed E-state index contributed by atoms with van der Waals surface area (Å²) in [6, 6.07) is 2.19. The summed E-state index contributed by atoms with van der Waals surface area (Å²) in [5.74, 6) is 0.773. The van der Waals surface area contributed by atoms with Crippen molar-refractivity contribution in [3.05, 3.63) is 11.6 Å². The van der Waals surface area contributed by atoms with Crippen LogP contribution < -0.4 is 0 Å². The maximum atomic E-state index is 13.4. The predicted octanol–water partition coefficient (Wildman–Crippen LogP) is 4.74. The molecule has 0 spiro atoms. The van der Waals surface area contributed by atoms with Crippen molar-refractivity contribution in [1.29, 1.82) is 5.26 Å². The van der Waals surface area contributed by atoms with E-state index in [0.29, 0.717) is 18.3 Å². The molecule has 7 atom stereocenters. The highest BCUT2D eigenvalue weighted by atomic mass is 19.4. The number of allylic oxidation sites excluding steroid dienone is 2. The van der Waals surface area contributed by atoms with E-state index in [-0.39, 0.29) is 43.1 Å². The second-order valence-electron chi connectivity index (χ2n) is 10.1. The second-order valence-corrected chi connectivity index (χ2v) is 10.1. The molecule has 4 fully saturated rings. The van der Waals surface area contributed by atoms with Crippen molar-refractivity contribution in [2.75, 3.05) is 6.61 Å². The molecule has 0 heterocycles. The van der Waals surface area contributed by atoms with E-state index in [1.807, 2.05) is 0 Å². The minimum Gasteiger partial charge on any atom is -0.396 e. The molecule has 6 heteroatoms. The van der Waals surface area contributed by atoms with Crippen LogP contribution in [0.1, 0.15) is 64.7 Å². The van der Waals surface area contributed by atoms with Crippen LogP contribution in [0.15, 0.2) is 11.6 Å². The Kier molecular flexibility index (Phi) is 4.67. The van der Waals surface area contributed by atoms with Crippen LogP contribution in [-0.2, 0) is 0 Å². The van der Waals surface area contributed by atoms with Crippen LogP contribution in [0.25, 0.3) is 0 Å². The van der Waals surface area contributed by atoms with Gasteiger partial charge >= 0.3 is 6.18 Å². The number of alkyl halides is 3.